The quantitative estimate of drug-likeness (QED) is 0.642. The van der Waals surface area contributed by atoms with Crippen molar-refractivity contribution in [2.45, 2.75) is 76.4 Å². The Hall–Kier alpha value is -0.960. The molecule has 0 bridgehead atoms. The van der Waals surface area contributed by atoms with Crippen molar-refractivity contribution in [3.63, 3.8) is 0 Å². The van der Waals surface area contributed by atoms with E-state index in [-0.39, 0.29) is 24.0 Å². The van der Waals surface area contributed by atoms with Crippen molar-refractivity contribution in [1.29, 1.82) is 0 Å². The Morgan fingerprint density at radius 3 is 2.48 bits per heavy atom. The van der Waals surface area contributed by atoms with Gasteiger partial charge in [-0.1, -0.05) is 24.8 Å². The van der Waals surface area contributed by atoms with Crippen LogP contribution in [0, 0.1) is 23.7 Å². The van der Waals surface area contributed by atoms with E-state index in [1.54, 1.807) is 5.57 Å². The molecule has 3 heteroatoms. The van der Waals surface area contributed by atoms with Crippen LogP contribution in [0.3, 0.4) is 0 Å². The van der Waals surface area contributed by atoms with Crippen molar-refractivity contribution >= 4 is 11.6 Å². The van der Waals surface area contributed by atoms with Crippen molar-refractivity contribution in [2.75, 3.05) is 0 Å². The predicted molar refractivity (Wildman–Crippen MR) is 85.8 cm³/mol. The summed E-state index contributed by atoms with van der Waals surface area (Å²) in [6, 6.07) is 0. The van der Waals surface area contributed by atoms with Crippen LogP contribution in [0.15, 0.2) is 11.1 Å². The van der Waals surface area contributed by atoms with E-state index in [1.807, 2.05) is 0 Å². The normalized spacial score (nSPS) is 46.1. The lowest BCUT2D eigenvalue weighted by Crippen LogP contribution is -2.54. The van der Waals surface area contributed by atoms with E-state index >= 15 is 0 Å². The molecule has 1 heterocycles. The first-order valence-corrected chi connectivity index (χ1v) is 9.67. The lowest BCUT2D eigenvalue weighted by Gasteiger charge is -2.54. The van der Waals surface area contributed by atoms with Gasteiger partial charge in [-0.25, -0.2) is 0 Å². The molecular formula is C20H26O3. The molecule has 0 spiro atoms. The molecule has 0 N–H and O–H groups in total. The zero-order valence-corrected chi connectivity index (χ0v) is 13.8. The highest BCUT2D eigenvalue weighted by Crippen LogP contribution is 2.56. The Bertz CT molecular complexity index is 590. The van der Waals surface area contributed by atoms with Gasteiger partial charge >= 0.3 is 0 Å². The first-order chi connectivity index (χ1) is 11.2. The standard InChI is InChI=1S/C20H26O3/c21-11-8-9-14-17(10-11)23-16-7-3-6-15-19(16)18(14)12-4-1-2-5-13(12)20(15)22/h12-13,15-17,19H,1-10H2/t12-,13-,15-,16-,17+,19-/m1/s1. The minimum absolute atomic E-state index is 0.0435. The second kappa shape index (κ2) is 5.27. The molecule has 0 aromatic carbocycles. The number of hydrogen-bond donors (Lipinski definition) is 0. The summed E-state index contributed by atoms with van der Waals surface area (Å²) in [7, 11) is 0. The molecule has 0 aromatic rings. The van der Waals surface area contributed by atoms with Crippen molar-refractivity contribution in [3.8, 4) is 0 Å². The van der Waals surface area contributed by atoms with Gasteiger partial charge in [0.1, 0.15) is 11.6 Å². The second-order valence-corrected chi connectivity index (χ2v) is 8.35. The number of fused-ring (bicyclic) bond motifs is 3. The number of carbonyl (C=O) groups is 2. The molecule has 4 fully saturated rings. The molecule has 4 saturated carbocycles. The van der Waals surface area contributed by atoms with Gasteiger partial charge in [0, 0.05) is 30.6 Å². The first-order valence-electron chi connectivity index (χ1n) is 9.67. The zero-order chi connectivity index (χ0) is 15.6. The van der Waals surface area contributed by atoms with Crippen LogP contribution in [0.2, 0.25) is 0 Å². The predicted octanol–water partition coefficient (Wildman–Crippen LogP) is 3.61. The van der Waals surface area contributed by atoms with E-state index in [1.165, 1.54) is 24.8 Å². The van der Waals surface area contributed by atoms with Crippen LogP contribution in [0.1, 0.15) is 64.2 Å². The summed E-state index contributed by atoms with van der Waals surface area (Å²) in [5.41, 5.74) is 3.06. The number of ketones is 2. The Balaban J connectivity index is 1.64. The highest BCUT2D eigenvalue weighted by Gasteiger charge is 2.55. The van der Waals surface area contributed by atoms with Gasteiger partial charge in [-0.2, -0.15) is 0 Å². The fourth-order valence-electron chi connectivity index (χ4n) is 6.40. The smallest absolute Gasteiger partial charge is 0.140 e. The fourth-order valence-corrected chi connectivity index (χ4v) is 6.40. The molecule has 1 aliphatic heterocycles. The maximum atomic E-state index is 13.1. The molecule has 6 atom stereocenters. The summed E-state index contributed by atoms with van der Waals surface area (Å²) in [6.07, 6.45) is 10.4. The van der Waals surface area contributed by atoms with Crippen molar-refractivity contribution < 1.29 is 14.3 Å². The van der Waals surface area contributed by atoms with Crippen molar-refractivity contribution in [1.82, 2.24) is 0 Å². The van der Waals surface area contributed by atoms with Crippen LogP contribution < -0.4 is 0 Å². The van der Waals surface area contributed by atoms with Gasteiger partial charge in [-0.05, 0) is 43.6 Å². The molecule has 124 valence electrons. The molecule has 3 nitrogen and oxygen atoms in total. The molecule has 0 amide bonds. The van der Waals surface area contributed by atoms with Gasteiger partial charge in [0.25, 0.3) is 0 Å². The van der Waals surface area contributed by atoms with Crippen LogP contribution in [0.4, 0.5) is 0 Å². The summed E-state index contributed by atoms with van der Waals surface area (Å²) < 4.78 is 6.40. The van der Waals surface area contributed by atoms with Gasteiger partial charge in [0.15, 0.2) is 0 Å². The van der Waals surface area contributed by atoms with Gasteiger partial charge in [-0.3, -0.25) is 9.59 Å². The van der Waals surface area contributed by atoms with E-state index in [4.69, 9.17) is 4.74 Å². The Kier molecular flexibility index (Phi) is 3.30. The summed E-state index contributed by atoms with van der Waals surface area (Å²) in [4.78, 5) is 25.0. The minimum Gasteiger partial charge on any atom is -0.370 e. The summed E-state index contributed by atoms with van der Waals surface area (Å²) in [6.45, 7) is 0. The first kappa shape index (κ1) is 14.4. The molecule has 23 heavy (non-hydrogen) atoms. The van der Waals surface area contributed by atoms with Crippen molar-refractivity contribution in [2.24, 2.45) is 23.7 Å². The molecule has 5 aliphatic rings. The maximum absolute atomic E-state index is 13.1. The number of Topliss-reactive ketones (excluding diaryl/α,β-unsaturated/α-hetero) is 2. The van der Waals surface area contributed by atoms with Crippen LogP contribution >= 0.6 is 0 Å². The average molecular weight is 314 g/mol. The molecular weight excluding hydrogens is 288 g/mol. The van der Waals surface area contributed by atoms with Gasteiger partial charge < -0.3 is 4.74 Å². The number of hydrogen-bond acceptors (Lipinski definition) is 3. The summed E-state index contributed by atoms with van der Waals surface area (Å²) in [5.74, 6) is 2.25. The Morgan fingerprint density at radius 1 is 0.826 bits per heavy atom. The second-order valence-electron chi connectivity index (χ2n) is 8.35. The topological polar surface area (TPSA) is 43.4 Å². The van der Waals surface area contributed by atoms with Gasteiger partial charge in [0.05, 0.1) is 12.2 Å². The third-order valence-corrected chi connectivity index (χ3v) is 7.28. The molecule has 4 aliphatic carbocycles. The average Bonchev–Trinajstić information content (AvgIpc) is 2.58. The van der Waals surface area contributed by atoms with E-state index in [2.05, 4.69) is 0 Å². The number of ether oxygens (including phenoxy) is 1. The van der Waals surface area contributed by atoms with Crippen LogP contribution in [0.25, 0.3) is 0 Å². The van der Waals surface area contributed by atoms with Crippen LogP contribution in [-0.2, 0) is 14.3 Å². The molecule has 0 aromatic heterocycles. The molecule has 0 radical (unpaired) electrons. The van der Waals surface area contributed by atoms with Crippen molar-refractivity contribution in [3.05, 3.63) is 11.1 Å². The Labute approximate surface area is 137 Å². The summed E-state index contributed by atoms with van der Waals surface area (Å²) >= 11 is 0. The third kappa shape index (κ3) is 2.05. The lowest BCUT2D eigenvalue weighted by atomic mass is 9.53. The largest absolute Gasteiger partial charge is 0.370 e. The van der Waals surface area contributed by atoms with E-state index in [0.29, 0.717) is 36.2 Å². The monoisotopic (exact) mass is 314 g/mol. The van der Waals surface area contributed by atoms with Crippen LogP contribution in [-0.4, -0.2) is 23.8 Å². The number of rotatable bonds is 0. The SMILES string of the molecule is O=C1CCC2=C3[C@H]4[C@@H](CCC[C@H]4C(=O)[C@@H]4CCCC[C@@H]34)O[C@H]2C1. The molecule has 0 saturated heterocycles. The fraction of sp³-hybridized carbons (Fsp3) is 0.800. The maximum Gasteiger partial charge on any atom is 0.140 e. The van der Waals surface area contributed by atoms with E-state index in [0.717, 1.165) is 32.1 Å². The number of carbonyl (C=O) groups excluding carboxylic acids is 2. The molecule has 0 unspecified atom stereocenters. The Morgan fingerprint density at radius 2 is 1.61 bits per heavy atom. The summed E-state index contributed by atoms with van der Waals surface area (Å²) in [5, 5.41) is 0. The third-order valence-electron chi connectivity index (χ3n) is 7.28. The van der Waals surface area contributed by atoms with E-state index in [9.17, 15) is 9.59 Å². The highest BCUT2D eigenvalue weighted by atomic mass is 16.5. The highest BCUT2D eigenvalue weighted by molar-refractivity contribution is 5.87. The van der Waals surface area contributed by atoms with Gasteiger partial charge in [-0.15, -0.1) is 0 Å². The lowest BCUT2D eigenvalue weighted by molar-refractivity contribution is -0.147. The van der Waals surface area contributed by atoms with Gasteiger partial charge in [0.2, 0.25) is 0 Å². The zero-order valence-electron chi connectivity index (χ0n) is 13.8. The van der Waals surface area contributed by atoms with Crippen LogP contribution in [0.5, 0.6) is 0 Å². The minimum atomic E-state index is 0.0435. The van der Waals surface area contributed by atoms with E-state index < -0.39 is 0 Å². The molecule has 5 rings (SSSR count).